The topological polar surface area (TPSA) is 75.4 Å². The molecule has 0 aliphatic carbocycles. The number of nitrogens with two attached hydrogens (primary N) is 1. The number of hydrogen-bond acceptors (Lipinski definition) is 3. The van der Waals surface area contributed by atoms with Crippen LogP contribution in [0.25, 0.3) is 0 Å². The van der Waals surface area contributed by atoms with E-state index in [1.807, 2.05) is 0 Å². The highest BCUT2D eigenvalue weighted by Crippen LogP contribution is 2.19. The fourth-order valence-electron chi connectivity index (χ4n) is 1.02. The van der Waals surface area contributed by atoms with Crippen molar-refractivity contribution in [2.75, 3.05) is 24.3 Å². The van der Waals surface area contributed by atoms with E-state index in [1.54, 1.807) is 0 Å². The Hall–Kier alpha value is -1.78. The highest BCUT2D eigenvalue weighted by molar-refractivity contribution is 5.90. The lowest BCUT2D eigenvalue weighted by Gasteiger charge is -2.07. The normalized spacial score (nSPS) is 9.79. The highest BCUT2D eigenvalue weighted by Gasteiger charge is 2.05. The quantitative estimate of drug-likeness (QED) is 0.638. The van der Waals surface area contributed by atoms with Crippen LogP contribution in [0.3, 0.4) is 0 Å². The third kappa shape index (κ3) is 2.35. The number of carboxylic acid groups (broad SMARTS) is 1. The van der Waals surface area contributed by atoms with E-state index >= 15 is 0 Å². The van der Waals surface area contributed by atoms with Gasteiger partial charge in [0.1, 0.15) is 6.67 Å². The molecule has 1 aromatic carbocycles. The maximum absolute atomic E-state index is 11.8. The zero-order valence-corrected chi connectivity index (χ0v) is 7.46. The molecule has 1 aromatic rings. The molecular weight excluding hydrogens is 187 g/mol. The van der Waals surface area contributed by atoms with Gasteiger partial charge in [-0.3, -0.25) is 0 Å². The average Bonchev–Trinajstić information content (AvgIpc) is 2.16. The van der Waals surface area contributed by atoms with Gasteiger partial charge in [0.15, 0.2) is 0 Å². The molecule has 0 spiro atoms. The maximum atomic E-state index is 11.8. The van der Waals surface area contributed by atoms with Crippen LogP contribution in [0.2, 0.25) is 0 Å². The number of benzene rings is 1. The van der Waals surface area contributed by atoms with Crippen LogP contribution in [0, 0.1) is 0 Å². The van der Waals surface area contributed by atoms with Gasteiger partial charge < -0.3 is 16.2 Å². The lowest BCUT2D eigenvalue weighted by molar-refractivity contribution is 0.0697. The standard InChI is InChI=1S/C9H11FN2O2/c10-3-4-12-8-5-6(9(13)14)1-2-7(8)11/h1-2,5,12H,3-4,11H2,(H,13,14). The zero-order valence-electron chi connectivity index (χ0n) is 7.46. The molecule has 0 radical (unpaired) electrons. The number of halogens is 1. The summed E-state index contributed by atoms with van der Waals surface area (Å²) in [7, 11) is 0. The number of aromatic carboxylic acids is 1. The molecule has 14 heavy (non-hydrogen) atoms. The van der Waals surface area contributed by atoms with E-state index in [2.05, 4.69) is 5.32 Å². The van der Waals surface area contributed by atoms with Gasteiger partial charge in [-0.1, -0.05) is 0 Å². The smallest absolute Gasteiger partial charge is 0.335 e. The summed E-state index contributed by atoms with van der Waals surface area (Å²) >= 11 is 0. The maximum Gasteiger partial charge on any atom is 0.335 e. The van der Waals surface area contributed by atoms with Gasteiger partial charge in [0, 0.05) is 6.54 Å². The molecule has 1 rings (SSSR count). The number of alkyl halides is 1. The number of anilines is 2. The Morgan fingerprint density at radius 1 is 1.57 bits per heavy atom. The largest absolute Gasteiger partial charge is 0.478 e. The predicted octanol–water partition coefficient (Wildman–Crippen LogP) is 1.35. The van der Waals surface area contributed by atoms with Gasteiger partial charge in [0.2, 0.25) is 0 Å². The summed E-state index contributed by atoms with van der Waals surface area (Å²) in [5, 5.41) is 11.4. The summed E-state index contributed by atoms with van der Waals surface area (Å²) in [4.78, 5) is 10.6. The molecule has 0 amide bonds. The number of nitrogens with one attached hydrogen (secondary N) is 1. The lowest BCUT2D eigenvalue weighted by atomic mass is 10.2. The lowest BCUT2D eigenvalue weighted by Crippen LogP contribution is -2.07. The van der Waals surface area contributed by atoms with E-state index in [0.29, 0.717) is 11.4 Å². The average molecular weight is 198 g/mol. The van der Waals surface area contributed by atoms with Crippen molar-refractivity contribution in [3.63, 3.8) is 0 Å². The van der Waals surface area contributed by atoms with Crippen LogP contribution in [0.5, 0.6) is 0 Å². The van der Waals surface area contributed by atoms with Crippen LogP contribution in [-0.4, -0.2) is 24.3 Å². The molecular formula is C9H11FN2O2. The Kier molecular flexibility index (Phi) is 3.28. The molecule has 0 unspecified atom stereocenters. The van der Waals surface area contributed by atoms with E-state index in [0.717, 1.165) is 0 Å². The SMILES string of the molecule is Nc1ccc(C(=O)O)cc1NCCF. The molecule has 0 atom stereocenters. The van der Waals surface area contributed by atoms with Gasteiger partial charge in [0.05, 0.1) is 16.9 Å². The van der Waals surface area contributed by atoms with Crippen molar-refractivity contribution in [1.29, 1.82) is 0 Å². The summed E-state index contributed by atoms with van der Waals surface area (Å²) in [6.45, 7) is -0.413. The van der Waals surface area contributed by atoms with Crippen LogP contribution in [-0.2, 0) is 0 Å². The first-order chi connectivity index (χ1) is 6.65. The van der Waals surface area contributed by atoms with Crippen molar-refractivity contribution >= 4 is 17.3 Å². The fourth-order valence-corrected chi connectivity index (χ4v) is 1.02. The van der Waals surface area contributed by atoms with Crippen molar-refractivity contribution < 1.29 is 14.3 Å². The molecule has 5 heteroatoms. The predicted molar refractivity (Wildman–Crippen MR) is 52.3 cm³/mol. The minimum absolute atomic E-state index is 0.118. The van der Waals surface area contributed by atoms with Gasteiger partial charge in [0.25, 0.3) is 0 Å². The second-order valence-corrected chi connectivity index (χ2v) is 2.72. The van der Waals surface area contributed by atoms with Crippen molar-refractivity contribution in [2.24, 2.45) is 0 Å². The third-order valence-corrected chi connectivity index (χ3v) is 1.71. The minimum atomic E-state index is -1.03. The molecule has 0 aromatic heterocycles. The molecule has 0 fully saturated rings. The van der Waals surface area contributed by atoms with E-state index in [4.69, 9.17) is 10.8 Å². The second kappa shape index (κ2) is 4.45. The summed E-state index contributed by atoms with van der Waals surface area (Å²) in [6.07, 6.45) is 0. The molecule has 0 saturated heterocycles. The van der Waals surface area contributed by atoms with Crippen LogP contribution >= 0.6 is 0 Å². The van der Waals surface area contributed by atoms with Crippen LogP contribution in [0.4, 0.5) is 15.8 Å². The number of hydrogen-bond donors (Lipinski definition) is 3. The van der Waals surface area contributed by atoms with Crippen LogP contribution in [0.15, 0.2) is 18.2 Å². The Morgan fingerprint density at radius 2 is 2.29 bits per heavy atom. The first-order valence-electron chi connectivity index (χ1n) is 4.08. The monoisotopic (exact) mass is 198 g/mol. The molecule has 0 saturated carbocycles. The van der Waals surface area contributed by atoms with Crippen molar-refractivity contribution in [3.8, 4) is 0 Å². The third-order valence-electron chi connectivity index (χ3n) is 1.71. The van der Waals surface area contributed by atoms with Gasteiger partial charge in [-0.2, -0.15) is 0 Å². The molecule has 76 valence electrons. The van der Waals surface area contributed by atoms with E-state index in [9.17, 15) is 9.18 Å². The van der Waals surface area contributed by atoms with Crippen molar-refractivity contribution in [2.45, 2.75) is 0 Å². The molecule has 0 bridgehead atoms. The van der Waals surface area contributed by atoms with Crippen molar-refractivity contribution in [3.05, 3.63) is 23.8 Å². The molecule has 0 aliphatic heterocycles. The first-order valence-corrected chi connectivity index (χ1v) is 4.08. The Labute approximate surface area is 80.5 Å². The van der Waals surface area contributed by atoms with E-state index in [1.165, 1.54) is 18.2 Å². The summed E-state index contributed by atoms with van der Waals surface area (Å²) < 4.78 is 11.8. The van der Waals surface area contributed by atoms with E-state index in [-0.39, 0.29) is 12.1 Å². The Morgan fingerprint density at radius 3 is 2.86 bits per heavy atom. The van der Waals surface area contributed by atoms with Crippen LogP contribution in [0.1, 0.15) is 10.4 Å². The number of carboxylic acids is 1. The highest BCUT2D eigenvalue weighted by atomic mass is 19.1. The van der Waals surface area contributed by atoms with Gasteiger partial charge >= 0.3 is 5.97 Å². The summed E-state index contributed by atoms with van der Waals surface area (Å²) in [5.74, 6) is -1.03. The Bertz CT molecular complexity index is 342. The Balaban J connectivity index is 2.90. The van der Waals surface area contributed by atoms with Gasteiger partial charge in [-0.25, -0.2) is 9.18 Å². The van der Waals surface area contributed by atoms with Crippen LogP contribution < -0.4 is 11.1 Å². The van der Waals surface area contributed by atoms with E-state index < -0.39 is 12.6 Å². The second-order valence-electron chi connectivity index (χ2n) is 2.72. The van der Waals surface area contributed by atoms with Gasteiger partial charge in [-0.15, -0.1) is 0 Å². The summed E-state index contributed by atoms with van der Waals surface area (Å²) in [5.41, 5.74) is 6.53. The number of nitrogen functional groups attached to an aromatic ring is 1. The zero-order chi connectivity index (χ0) is 10.6. The molecule has 0 heterocycles. The molecule has 0 aliphatic rings. The molecule has 4 nitrogen and oxygen atoms in total. The number of rotatable bonds is 4. The van der Waals surface area contributed by atoms with Gasteiger partial charge in [-0.05, 0) is 18.2 Å². The summed E-state index contributed by atoms with van der Waals surface area (Å²) in [6, 6.07) is 4.26. The minimum Gasteiger partial charge on any atom is -0.478 e. The first kappa shape index (κ1) is 10.3. The fraction of sp³-hybridized carbons (Fsp3) is 0.222. The molecule has 4 N–H and O–H groups in total. The number of carbonyl (C=O) groups is 1. The van der Waals surface area contributed by atoms with Crippen molar-refractivity contribution in [1.82, 2.24) is 0 Å².